The normalized spacial score (nSPS) is 18.9. The molecule has 4 nitrogen and oxygen atoms in total. The second kappa shape index (κ2) is 5.58. The Morgan fingerprint density at radius 3 is 2.09 bits per heavy atom. The Morgan fingerprint density at radius 1 is 0.913 bits per heavy atom. The molecule has 0 aliphatic carbocycles. The lowest BCUT2D eigenvalue weighted by atomic mass is 9.79. The van der Waals surface area contributed by atoms with Crippen LogP contribution in [0.3, 0.4) is 0 Å². The van der Waals surface area contributed by atoms with Gasteiger partial charge >= 0.3 is 7.12 Å². The maximum Gasteiger partial charge on any atom is 0.494 e. The molecule has 1 aliphatic heterocycles. The highest BCUT2D eigenvalue weighted by Gasteiger charge is 2.51. The van der Waals surface area contributed by atoms with Crippen molar-refractivity contribution in [2.75, 3.05) is 0 Å². The van der Waals surface area contributed by atoms with Crippen LogP contribution in [0.1, 0.15) is 27.7 Å². The number of ether oxygens (including phenoxy) is 1. The van der Waals surface area contributed by atoms with Gasteiger partial charge in [-0.15, -0.1) is 0 Å². The highest BCUT2D eigenvalue weighted by atomic mass is 16.7. The molecule has 0 aromatic heterocycles. The lowest BCUT2D eigenvalue weighted by molar-refractivity contribution is 0.00578. The van der Waals surface area contributed by atoms with Crippen molar-refractivity contribution in [2.45, 2.75) is 38.9 Å². The van der Waals surface area contributed by atoms with Crippen LogP contribution in [0.2, 0.25) is 0 Å². The Hall–Kier alpha value is -1.98. The number of hydrogen-bond acceptors (Lipinski definition) is 4. The molecule has 0 bridgehead atoms. The number of phenols is 1. The summed E-state index contributed by atoms with van der Waals surface area (Å²) in [6.07, 6.45) is 0. The number of rotatable bonds is 3. The first-order valence-corrected chi connectivity index (χ1v) is 7.70. The van der Waals surface area contributed by atoms with Gasteiger partial charge in [0, 0.05) is 0 Å². The molecule has 1 N–H and O–H groups in total. The van der Waals surface area contributed by atoms with Crippen LogP contribution in [-0.4, -0.2) is 23.4 Å². The van der Waals surface area contributed by atoms with Gasteiger partial charge in [0.05, 0.1) is 11.2 Å². The monoisotopic (exact) mass is 312 g/mol. The van der Waals surface area contributed by atoms with E-state index in [2.05, 4.69) is 0 Å². The molecule has 0 saturated carbocycles. The van der Waals surface area contributed by atoms with Gasteiger partial charge in [0.15, 0.2) is 11.5 Å². The van der Waals surface area contributed by atoms with Crippen LogP contribution in [0.15, 0.2) is 48.5 Å². The third-order valence-electron chi connectivity index (χ3n) is 4.48. The second-order valence-electron chi connectivity index (χ2n) is 6.73. The van der Waals surface area contributed by atoms with Crippen molar-refractivity contribution in [3.63, 3.8) is 0 Å². The van der Waals surface area contributed by atoms with Gasteiger partial charge in [-0.2, -0.15) is 0 Å². The van der Waals surface area contributed by atoms with E-state index in [9.17, 15) is 5.11 Å². The Kier molecular flexibility index (Phi) is 3.86. The van der Waals surface area contributed by atoms with Crippen molar-refractivity contribution in [3.8, 4) is 17.2 Å². The number of aromatic hydroxyl groups is 1. The quantitative estimate of drug-likeness (QED) is 0.882. The number of hydrogen-bond donors (Lipinski definition) is 1. The molecule has 2 aromatic carbocycles. The molecule has 1 heterocycles. The fourth-order valence-electron chi connectivity index (χ4n) is 2.36. The van der Waals surface area contributed by atoms with E-state index in [1.165, 1.54) is 0 Å². The highest BCUT2D eigenvalue weighted by Crippen LogP contribution is 2.37. The van der Waals surface area contributed by atoms with Gasteiger partial charge in [-0.1, -0.05) is 24.3 Å². The van der Waals surface area contributed by atoms with Crippen molar-refractivity contribution < 1.29 is 19.2 Å². The summed E-state index contributed by atoms with van der Waals surface area (Å²) in [5.74, 6) is 1.13. The topological polar surface area (TPSA) is 47.9 Å². The highest BCUT2D eigenvalue weighted by molar-refractivity contribution is 6.62. The van der Waals surface area contributed by atoms with Crippen LogP contribution >= 0.6 is 0 Å². The van der Waals surface area contributed by atoms with Crippen molar-refractivity contribution in [3.05, 3.63) is 48.5 Å². The molecule has 0 spiro atoms. The summed E-state index contributed by atoms with van der Waals surface area (Å²) < 4.78 is 17.7. The molecule has 3 rings (SSSR count). The smallest absolute Gasteiger partial charge is 0.494 e. The average Bonchev–Trinajstić information content (AvgIpc) is 2.71. The predicted molar refractivity (Wildman–Crippen MR) is 90.3 cm³/mol. The Bertz CT molecular complexity index is 681. The zero-order valence-electron chi connectivity index (χ0n) is 13.9. The zero-order valence-corrected chi connectivity index (χ0v) is 13.9. The van der Waals surface area contributed by atoms with Crippen LogP contribution < -0.4 is 10.2 Å². The third kappa shape index (κ3) is 3.07. The minimum atomic E-state index is -0.503. The summed E-state index contributed by atoms with van der Waals surface area (Å²) in [5.41, 5.74) is -0.0551. The van der Waals surface area contributed by atoms with Crippen molar-refractivity contribution >= 4 is 12.6 Å². The second-order valence-corrected chi connectivity index (χ2v) is 6.73. The van der Waals surface area contributed by atoms with Gasteiger partial charge in [-0.3, -0.25) is 0 Å². The standard InChI is InChI=1S/C18H21BO4/c1-17(2)18(3,4)23-19(22-17)13-10-11-16(15(20)12-13)21-14-8-6-5-7-9-14/h5-12,20H,1-4H3. The van der Waals surface area contributed by atoms with E-state index in [-0.39, 0.29) is 5.75 Å². The fraction of sp³-hybridized carbons (Fsp3) is 0.333. The van der Waals surface area contributed by atoms with E-state index < -0.39 is 18.3 Å². The maximum atomic E-state index is 10.2. The van der Waals surface area contributed by atoms with E-state index >= 15 is 0 Å². The Balaban J connectivity index is 1.81. The number of phenolic OH excluding ortho intramolecular Hbond substituents is 1. The van der Waals surface area contributed by atoms with Gasteiger partial charge in [0.1, 0.15) is 5.75 Å². The van der Waals surface area contributed by atoms with E-state index in [0.717, 1.165) is 5.46 Å². The molecule has 0 amide bonds. The summed E-state index contributed by atoms with van der Waals surface area (Å²) in [7, 11) is -0.503. The van der Waals surface area contributed by atoms with Gasteiger partial charge in [0.2, 0.25) is 0 Å². The summed E-state index contributed by atoms with van der Waals surface area (Å²) in [4.78, 5) is 0. The summed E-state index contributed by atoms with van der Waals surface area (Å²) >= 11 is 0. The first kappa shape index (κ1) is 15.9. The summed E-state index contributed by atoms with van der Waals surface area (Å²) in [6, 6.07) is 14.5. The van der Waals surface area contributed by atoms with Crippen molar-refractivity contribution in [1.29, 1.82) is 0 Å². The van der Waals surface area contributed by atoms with Gasteiger partial charge < -0.3 is 19.2 Å². The van der Waals surface area contributed by atoms with E-state index in [1.807, 2.05) is 64.1 Å². The fourth-order valence-corrected chi connectivity index (χ4v) is 2.36. The van der Waals surface area contributed by atoms with Crippen LogP contribution in [0.4, 0.5) is 0 Å². The van der Waals surface area contributed by atoms with Gasteiger partial charge in [-0.25, -0.2) is 0 Å². The first-order valence-electron chi connectivity index (χ1n) is 7.70. The maximum absolute atomic E-state index is 10.2. The largest absolute Gasteiger partial charge is 0.504 e. The minimum Gasteiger partial charge on any atom is -0.504 e. The number of para-hydroxylation sites is 1. The van der Waals surface area contributed by atoms with Crippen molar-refractivity contribution in [1.82, 2.24) is 0 Å². The predicted octanol–water partition coefficient (Wildman–Crippen LogP) is 3.48. The summed E-state index contributed by atoms with van der Waals surface area (Å²) in [6.45, 7) is 8.00. The van der Waals surface area contributed by atoms with E-state index in [0.29, 0.717) is 11.5 Å². The Labute approximate surface area is 137 Å². The molecule has 1 saturated heterocycles. The molecule has 1 aliphatic rings. The summed E-state index contributed by atoms with van der Waals surface area (Å²) in [5, 5.41) is 10.2. The SMILES string of the molecule is CC1(C)OB(c2ccc(Oc3ccccc3)c(O)c2)OC1(C)C. The van der Waals surface area contributed by atoms with Crippen LogP contribution in [0.5, 0.6) is 17.2 Å². The van der Waals surface area contributed by atoms with Crippen molar-refractivity contribution in [2.24, 2.45) is 0 Å². The van der Waals surface area contributed by atoms with E-state index in [4.69, 9.17) is 14.0 Å². The molecule has 120 valence electrons. The minimum absolute atomic E-state index is 0.0565. The molecule has 0 radical (unpaired) electrons. The molecule has 23 heavy (non-hydrogen) atoms. The molecular formula is C18H21BO4. The number of benzene rings is 2. The first-order chi connectivity index (χ1) is 10.8. The van der Waals surface area contributed by atoms with Gasteiger partial charge in [-0.05, 0) is 57.4 Å². The lowest BCUT2D eigenvalue weighted by Gasteiger charge is -2.32. The van der Waals surface area contributed by atoms with Crippen LogP contribution in [-0.2, 0) is 9.31 Å². The third-order valence-corrected chi connectivity index (χ3v) is 4.48. The molecular weight excluding hydrogens is 291 g/mol. The molecule has 0 unspecified atom stereocenters. The average molecular weight is 312 g/mol. The molecule has 2 aromatic rings. The van der Waals surface area contributed by atoms with Crippen LogP contribution in [0, 0.1) is 0 Å². The molecule has 0 atom stereocenters. The van der Waals surface area contributed by atoms with E-state index in [1.54, 1.807) is 12.1 Å². The molecule has 5 heteroatoms. The lowest BCUT2D eigenvalue weighted by Crippen LogP contribution is -2.41. The Morgan fingerprint density at radius 2 is 1.52 bits per heavy atom. The van der Waals surface area contributed by atoms with Gasteiger partial charge in [0.25, 0.3) is 0 Å². The zero-order chi connectivity index (χ0) is 16.7. The van der Waals surface area contributed by atoms with Crippen LogP contribution in [0.25, 0.3) is 0 Å². The molecule has 1 fully saturated rings.